The molecule has 0 fully saturated rings. The van der Waals surface area contributed by atoms with Crippen molar-refractivity contribution in [3.05, 3.63) is 72.8 Å². The fraction of sp³-hybridized carbons (Fsp3) is 0.333. The second kappa shape index (κ2) is 12.1. The Morgan fingerprint density at radius 3 is 2.66 bits per heavy atom. The predicted octanol–water partition coefficient (Wildman–Crippen LogP) is 2.57. The topological polar surface area (TPSA) is 133 Å². The third kappa shape index (κ3) is 6.67. The molecule has 3 N–H and O–H groups in total. The number of methoxy groups -OCH3 is 1. The molecule has 1 aromatic carbocycles. The van der Waals surface area contributed by atoms with Crippen molar-refractivity contribution in [2.24, 2.45) is 0 Å². The van der Waals surface area contributed by atoms with Crippen molar-refractivity contribution >= 4 is 34.8 Å². The largest absolute Gasteiger partial charge is 0.487 e. The molecule has 0 bridgehead atoms. The van der Waals surface area contributed by atoms with Gasteiger partial charge in [-0.25, -0.2) is 9.78 Å². The normalized spacial score (nSPS) is 11.2. The van der Waals surface area contributed by atoms with E-state index in [-0.39, 0.29) is 24.7 Å². The summed E-state index contributed by atoms with van der Waals surface area (Å²) in [5.74, 6) is 0.147. The number of rotatable bonds is 11. The Morgan fingerprint density at radius 2 is 2.03 bits per heavy atom. The minimum Gasteiger partial charge on any atom is -0.487 e. The van der Waals surface area contributed by atoms with Crippen LogP contribution in [0.2, 0.25) is 0 Å². The van der Waals surface area contributed by atoms with Crippen LogP contribution in [-0.4, -0.2) is 40.7 Å². The van der Waals surface area contributed by atoms with Crippen LogP contribution in [0.25, 0.3) is 6.08 Å². The number of nitrogens with two attached hydrogens (primary N) is 1. The molecule has 0 aliphatic heterocycles. The average Bonchev–Trinajstić information content (AvgIpc) is 3.26. The summed E-state index contributed by atoms with van der Waals surface area (Å²) in [6, 6.07) is 7.23. The summed E-state index contributed by atoms with van der Waals surface area (Å²) < 4.78 is 12.1. The average molecular weight is 500 g/mol. The Morgan fingerprint density at radius 1 is 1.29 bits per heavy atom. The zero-order chi connectivity index (χ0) is 25.4. The van der Waals surface area contributed by atoms with E-state index in [9.17, 15) is 14.4 Å². The van der Waals surface area contributed by atoms with Crippen LogP contribution in [0.5, 0.6) is 5.75 Å². The molecule has 0 radical (unpaired) electrons. The molecule has 1 amide bonds. The number of aryl methyl sites for hydroxylation is 1. The van der Waals surface area contributed by atoms with Crippen molar-refractivity contribution < 1.29 is 14.3 Å². The van der Waals surface area contributed by atoms with Crippen LogP contribution in [0.3, 0.4) is 0 Å². The number of hydrogen-bond donors (Lipinski definition) is 2. The van der Waals surface area contributed by atoms with E-state index in [0.29, 0.717) is 25.3 Å². The number of carbonyl (C=O) groups excluding carboxylic acids is 1. The summed E-state index contributed by atoms with van der Waals surface area (Å²) >= 11 is 1.57. The molecule has 0 saturated carbocycles. The first-order valence-electron chi connectivity index (χ1n) is 11.1. The first kappa shape index (κ1) is 25.9. The molecule has 0 unspecified atom stereocenters. The van der Waals surface area contributed by atoms with Crippen molar-refractivity contribution in [1.82, 2.24) is 14.5 Å². The third-order valence-electron chi connectivity index (χ3n) is 5.07. The van der Waals surface area contributed by atoms with Crippen LogP contribution < -0.4 is 26.6 Å². The number of thiazole rings is 1. The highest BCUT2D eigenvalue weighted by molar-refractivity contribution is 7.09. The quantitative estimate of drug-likeness (QED) is 0.388. The van der Waals surface area contributed by atoms with E-state index in [4.69, 9.17) is 15.2 Å². The van der Waals surface area contributed by atoms with E-state index < -0.39 is 17.2 Å². The van der Waals surface area contributed by atoms with Crippen LogP contribution in [-0.2, 0) is 22.7 Å². The maximum Gasteiger partial charge on any atom is 0.330 e. The number of nitrogens with zero attached hydrogens (tertiary/aromatic N) is 3. The van der Waals surface area contributed by atoms with Gasteiger partial charge in [-0.05, 0) is 37.1 Å². The number of amides is 1. The molecule has 3 aromatic rings. The molecule has 35 heavy (non-hydrogen) atoms. The number of H-pyrrole nitrogens is 1. The zero-order valence-corrected chi connectivity index (χ0v) is 20.8. The molecule has 10 nitrogen and oxygen atoms in total. The Bertz CT molecular complexity index is 1290. The molecule has 0 saturated heterocycles. The molecule has 2 aromatic heterocycles. The number of carbonyl (C=O) groups is 1. The molecule has 0 spiro atoms. The van der Waals surface area contributed by atoms with Crippen LogP contribution in [0, 0.1) is 6.92 Å². The third-order valence-corrected chi connectivity index (χ3v) is 5.89. The van der Waals surface area contributed by atoms with Crippen molar-refractivity contribution in [3.63, 3.8) is 0 Å². The SMILES string of the molecule is CCCn1c(N)c(N(CCOC)C(=O)/C=C/c2ccc(OCc3csc(C)n3)cc2)c(=O)[nH]c1=O. The number of nitrogens with one attached hydrogen (secondary N) is 1. The molecule has 3 rings (SSSR count). The lowest BCUT2D eigenvalue weighted by Gasteiger charge is -2.23. The second-order valence-corrected chi connectivity index (χ2v) is 8.74. The summed E-state index contributed by atoms with van der Waals surface area (Å²) in [5.41, 5.74) is 6.36. The van der Waals surface area contributed by atoms with Crippen LogP contribution >= 0.6 is 11.3 Å². The van der Waals surface area contributed by atoms with Gasteiger partial charge in [-0.1, -0.05) is 19.1 Å². The molecule has 0 aliphatic carbocycles. The van der Waals surface area contributed by atoms with E-state index >= 15 is 0 Å². The van der Waals surface area contributed by atoms with Gasteiger partial charge in [-0.15, -0.1) is 11.3 Å². The highest BCUT2D eigenvalue weighted by atomic mass is 32.1. The molecular formula is C24H29N5O5S. The Labute approximate surface area is 206 Å². The maximum atomic E-state index is 13.1. The van der Waals surface area contributed by atoms with Crippen molar-refractivity contribution in [2.45, 2.75) is 33.4 Å². The van der Waals surface area contributed by atoms with Gasteiger partial charge in [-0.2, -0.15) is 0 Å². The lowest BCUT2D eigenvalue weighted by Crippen LogP contribution is -2.42. The lowest BCUT2D eigenvalue weighted by atomic mass is 10.2. The summed E-state index contributed by atoms with van der Waals surface area (Å²) in [4.78, 5) is 45.6. The maximum absolute atomic E-state index is 13.1. The monoisotopic (exact) mass is 499 g/mol. The number of hydrogen-bond acceptors (Lipinski definition) is 8. The lowest BCUT2D eigenvalue weighted by molar-refractivity contribution is -0.114. The number of aromatic nitrogens is 3. The highest BCUT2D eigenvalue weighted by Crippen LogP contribution is 2.19. The van der Waals surface area contributed by atoms with Gasteiger partial charge < -0.3 is 15.2 Å². The standard InChI is InChI=1S/C24H29N5O5S/c1-4-11-29-22(25)21(23(31)27-24(29)32)28(12-13-33-3)20(30)10-7-17-5-8-19(9-6-17)34-14-18-15-35-16(2)26-18/h5-10,15H,4,11-14,25H2,1-3H3,(H,27,31,32)/b10-7+. The van der Waals surface area contributed by atoms with Crippen molar-refractivity contribution in [3.8, 4) is 5.75 Å². The summed E-state index contributed by atoms with van der Waals surface area (Å²) in [7, 11) is 1.49. The van der Waals surface area contributed by atoms with Crippen LogP contribution in [0.4, 0.5) is 11.5 Å². The number of aromatic amines is 1. The van der Waals surface area contributed by atoms with E-state index in [0.717, 1.165) is 16.3 Å². The minimum absolute atomic E-state index is 0.0599. The summed E-state index contributed by atoms with van der Waals surface area (Å²) in [6.45, 7) is 4.77. The van der Waals surface area contributed by atoms with E-state index in [1.807, 2.05) is 31.4 Å². The van der Waals surface area contributed by atoms with Gasteiger partial charge in [0.05, 0.1) is 17.3 Å². The minimum atomic E-state index is -0.727. The summed E-state index contributed by atoms with van der Waals surface area (Å²) in [6.07, 6.45) is 3.60. The number of ether oxygens (including phenoxy) is 2. The molecule has 11 heteroatoms. The van der Waals surface area contributed by atoms with Gasteiger partial charge in [0.25, 0.3) is 11.5 Å². The Hall–Kier alpha value is -3.70. The van der Waals surface area contributed by atoms with Gasteiger partial charge in [0.2, 0.25) is 0 Å². The van der Waals surface area contributed by atoms with Crippen LogP contribution in [0.15, 0.2) is 45.3 Å². The highest BCUT2D eigenvalue weighted by Gasteiger charge is 2.22. The Kier molecular flexibility index (Phi) is 8.98. The number of nitrogen functional groups attached to an aromatic ring is 1. The molecule has 2 heterocycles. The number of anilines is 2. The van der Waals surface area contributed by atoms with Gasteiger partial charge >= 0.3 is 5.69 Å². The van der Waals surface area contributed by atoms with Crippen molar-refractivity contribution in [2.75, 3.05) is 30.9 Å². The molecular weight excluding hydrogens is 470 g/mol. The summed E-state index contributed by atoms with van der Waals surface area (Å²) in [5, 5.41) is 2.95. The van der Waals surface area contributed by atoms with Crippen molar-refractivity contribution in [1.29, 1.82) is 0 Å². The zero-order valence-electron chi connectivity index (χ0n) is 19.9. The van der Waals surface area contributed by atoms with E-state index in [1.54, 1.807) is 29.5 Å². The fourth-order valence-corrected chi connectivity index (χ4v) is 3.96. The van der Waals surface area contributed by atoms with Gasteiger partial charge in [0, 0.05) is 31.7 Å². The first-order chi connectivity index (χ1) is 16.8. The van der Waals surface area contributed by atoms with Gasteiger partial charge in [0.1, 0.15) is 18.2 Å². The first-order valence-corrected chi connectivity index (χ1v) is 12.0. The second-order valence-electron chi connectivity index (χ2n) is 7.68. The van der Waals surface area contributed by atoms with Gasteiger partial charge in [-0.3, -0.25) is 24.0 Å². The fourth-order valence-electron chi connectivity index (χ4n) is 3.36. The van der Waals surface area contributed by atoms with Gasteiger partial charge in [0.15, 0.2) is 5.69 Å². The molecule has 0 atom stereocenters. The smallest absolute Gasteiger partial charge is 0.330 e. The molecule has 0 aliphatic rings. The molecule has 186 valence electrons. The number of benzene rings is 1. The predicted molar refractivity (Wildman–Crippen MR) is 137 cm³/mol. The Balaban J connectivity index is 1.77. The van der Waals surface area contributed by atoms with E-state index in [2.05, 4.69) is 9.97 Å². The van der Waals surface area contributed by atoms with E-state index in [1.165, 1.54) is 22.7 Å². The van der Waals surface area contributed by atoms with Crippen LogP contribution in [0.1, 0.15) is 29.6 Å².